The van der Waals surface area contributed by atoms with E-state index in [0.717, 1.165) is 44.3 Å². The Kier molecular flexibility index (Phi) is 4.96. The topological polar surface area (TPSA) is 32.3 Å². The summed E-state index contributed by atoms with van der Waals surface area (Å²) in [6.45, 7) is 4.00. The first-order valence-corrected chi connectivity index (χ1v) is 9.97. The number of aryl methyl sites for hydroxylation is 2. The van der Waals surface area contributed by atoms with Gasteiger partial charge in [-0.1, -0.05) is 24.3 Å². The molecule has 0 saturated carbocycles. The van der Waals surface area contributed by atoms with Crippen molar-refractivity contribution in [3.05, 3.63) is 64.7 Å². The lowest BCUT2D eigenvalue weighted by Gasteiger charge is -2.25. The smallest absolute Gasteiger partial charge is 0.251 e. The van der Waals surface area contributed by atoms with Crippen molar-refractivity contribution in [1.82, 2.24) is 5.32 Å². The lowest BCUT2D eigenvalue weighted by Crippen LogP contribution is -2.33. The van der Waals surface area contributed by atoms with E-state index < -0.39 is 0 Å². The fourth-order valence-corrected chi connectivity index (χ4v) is 4.40. The van der Waals surface area contributed by atoms with Gasteiger partial charge in [0.05, 0.1) is 0 Å². The van der Waals surface area contributed by atoms with E-state index in [-0.39, 0.29) is 5.91 Å². The van der Waals surface area contributed by atoms with Crippen molar-refractivity contribution in [1.29, 1.82) is 0 Å². The van der Waals surface area contributed by atoms with E-state index in [9.17, 15) is 4.79 Å². The van der Waals surface area contributed by atoms with E-state index in [0.29, 0.717) is 6.04 Å². The summed E-state index contributed by atoms with van der Waals surface area (Å²) in [6.07, 6.45) is 6.88. The van der Waals surface area contributed by atoms with Crippen molar-refractivity contribution in [2.45, 2.75) is 51.5 Å². The molecule has 1 atom stereocenters. The molecule has 1 amide bonds. The van der Waals surface area contributed by atoms with Crippen LogP contribution >= 0.6 is 0 Å². The number of para-hydroxylation sites is 1. The molecule has 0 unspecified atom stereocenters. The van der Waals surface area contributed by atoms with E-state index in [4.69, 9.17) is 0 Å². The number of hydrogen-bond acceptors (Lipinski definition) is 2. The Labute approximate surface area is 156 Å². The first-order valence-electron chi connectivity index (χ1n) is 9.97. The first kappa shape index (κ1) is 17.1. The summed E-state index contributed by atoms with van der Waals surface area (Å²) in [7, 11) is 0. The van der Waals surface area contributed by atoms with Crippen molar-refractivity contribution < 1.29 is 4.79 Å². The predicted molar refractivity (Wildman–Crippen MR) is 107 cm³/mol. The van der Waals surface area contributed by atoms with Gasteiger partial charge in [-0.05, 0) is 80.3 Å². The molecule has 2 aromatic rings. The van der Waals surface area contributed by atoms with Crippen LogP contribution in [-0.4, -0.2) is 25.0 Å². The van der Waals surface area contributed by atoms with Gasteiger partial charge in [0.2, 0.25) is 0 Å². The summed E-state index contributed by atoms with van der Waals surface area (Å²) >= 11 is 0. The number of benzene rings is 2. The number of carbonyl (C=O) groups is 1. The lowest BCUT2D eigenvalue weighted by atomic mass is 9.90. The van der Waals surface area contributed by atoms with Gasteiger partial charge in [0.1, 0.15) is 0 Å². The summed E-state index contributed by atoms with van der Waals surface area (Å²) in [5.74, 6) is 0.0632. The Morgan fingerprint density at radius 1 is 1.08 bits per heavy atom. The average molecular weight is 348 g/mol. The summed E-state index contributed by atoms with van der Waals surface area (Å²) in [4.78, 5) is 14.9. The van der Waals surface area contributed by atoms with E-state index in [1.807, 2.05) is 6.07 Å². The van der Waals surface area contributed by atoms with Crippen LogP contribution in [0.15, 0.2) is 42.5 Å². The molecule has 2 aromatic carbocycles. The SMILES string of the molecule is C[C@@H]1Cc2ccccc2N1CCCNC(=O)c1ccc2c(c1)CCCC2. The maximum absolute atomic E-state index is 12.5. The number of fused-ring (bicyclic) bond motifs is 2. The molecule has 136 valence electrons. The third kappa shape index (κ3) is 3.48. The molecule has 0 radical (unpaired) electrons. The first-order chi connectivity index (χ1) is 12.7. The monoisotopic (exact) mass is 348 g/mol. The largest absolute Gasteiger partial charge is 0.368 e. The van der Waals surface area contributed by atoms with Crippen LogP contribution in [0.2, 0.25) is 0 Å². The molecule has 1 heterocycles. The molecule has 0 bridgehead atoms. The highest BCUT2D eigenvalue weighted by molar-refractivity contribution is 5.94. The van der Waals surface area contributed by atoms with Gasteiger partial charge in [-0.15, -0.1) is 0 Å². The zero-order valence-corrected chi connectivity index (χ0v) is 15.6. The molecule has 1 aliphatic heterocycles. The minimum atomic E-state index is 0.0632. The van der Waals surface area contributed by atoms with Crippen molar-refractivity contribution in [3.8, 4) is 0 Å². The Morgan fingerprint density at radius 3 is 2.77 bits per heavy atom. The van der Waals surface area contributed by atoms with Gasteiger partial charge >= 0.3 is 0 Å². The average Bonchev–Trinajstić information content (AvgIpc) is 3.00. The third-order valence-electron chi connectivity index (χ3n) is 5.82. The van der Waals surface area contributed by atoms with E-state index in [1.54, 1.807) is 0 Å². The lowest BCUT2D eigenvalue weighted by molar-refractivity contribution is 0.0953. The van der Waals surface area contributed by atoms with E-state index >= 15 is 0 Å². The maximum Gasteiger partial charge on any atom is 0.251 e. The fourth-order valence-electron chi connectivity index (χ4n) is 4.40. The Bertz CT molecular complexity index is 799. The Morgan fingerprint density at radius 2 is 1.88 bits per heavy atom. The summed E-state index contributed by atoms with van der Waals surface area (Å²) in [6, 6.07) is 15.4. The van der Waals surface area contributed by atoms with Gasteiger partial charge in [-0.3, -0.25) is 4.79 Å². The van der Waals surface area contributed by atoms with Crippen LogP contribution in [0.3, 0.4) is 0 Å². The maximum atomic E-state index is 12.5. The third-order valence-corrected chi connectivity index (χ3v) is 5.82. The van der Waals surface area contributed by atoms with Crippen molar-refractivity contribution in [2.24, 2.45) is 0 Å². The minimum Gasteiger partial charge on any atom is -0.368 e. The number of carbonyl (C=O) groups excluding carboxylic acids is 1. The van der Waals surface area contributed by atoms with Gasteiger partial charge in [0.15, 0.2) is 0 Å². The molecule has 1 aliphatic carbocycles. The second-order valence-electron chi connectivity index (χ2n) is 7.68. The van der Waals surface area contributed by atoms with Crippen LogP contribution in [0, 0.1) is 0 Å². The zero-order valence-electron chi connectivity index (χ0n) is 15.6. The van der Waals surface area contributed by atoms with Crippen LogP contribution in [0.25, 0.3) is 0 Å². The minimum absolute atomic E-state index is 0.0632. The predicted octanol–water partition coefficient (Wildman–Crippen LogP) is 4.14. The van der Waals surface area contributed by atoms with Crippen molar-refractivity contribution in [2.75, 3.05) is 18.0 Å². The highest BCUT2D eigenvalue weighted by Crippen LogP contribution is 2.31. The number of nitrogens with zero attached hydrogens (tertiary/aromatic N) is 1. The molecule has 1 N–H and O–H groups in total. The van der Waals surface area contributed by atoms with Crippen LogP contribution < -0.4 is 10.2 Å². The van der Waals surface area contributed by atoms with Crippen LogP contribution in [0.4, 0.5) is 5.69 Å². The molecule has 2 aliphatic rings. The molecule has 0 saturated heterocycles. The van der Waals surface area contributed by atoms with E-state index in [2.05, 4.69) is 53.5 Å². The second-order valence-corrected chi connectivity index (χ2v) is 7.68. The van der Waals surface area contributed by atoms with Crippen LogP contribution in [0.5, 0.6) is 0 Å². The summed E-state index contributed by atoms with van der Waals surface area (Å²) in [5, 5.41) is 3.10. The van der Waals surface area contributed by atoms with Gasteiger partial charge in [0.25, 0.3) is 5.91 Å². The van der Waals surface area contributed by atoms with Gasteiger partial charge in [-0.2, -0.15) is 0 Å². The van der Waals surface area contributed by atoms with Crippen LogP contribution in [0.1, 0.15) is 53.2 Å². The van der Waals surface area contributed by atoms with E-state index in [1.165, 1.54) is 35.2 Å². The highest BCUT2D eigenvalue weighted by Gasteiger charge is 2.24. The molecule has 26 heavy (non-hydrogen) atoms. The molecule has 3 heteroatoms. The molecule has 0 fully saturated rings. The van der Waals surface area contributed by atoms with Crippen molar-refractivity contribution in [3.63, 3.8) is 0 Å². The summed E-state index contributed by atoms with van der Waals surface area (Å²) < 4.78 is 0. The number of hydrogen-bond donors (Lipinski definition) is 1. The van der Waals surface area contributed by atoms with Gasteiger partial charge in [-0.25, -0.2) is 0 Å². The Hall–Kier alpha value is -2.29. The molecule has 0 aromatic heterocycles. The second kappa shape index (κ2) is 7.53. The van der Waals surface area contributed by atoms with Gasteiger partial charge in [0, 0.05) is 30.4 Å². The normalized spacial score (nSPS) is 18.3. The quantitative estimate of drug-likeness (QED) is 0.824. The highest BCUT2D eigenvalue weighted by atomic mass is 16.1. The number of rotatable bonds is 5. The standard InChI is InChI=1S/C23H28N2O/c1-17-15-20-9-4-5-10-22(20)25(17)14-6-13-24-23(26)21-12-11-18-7-2-3-8-19(18)16-21/h4-5,9-12,16-17H,2-3,6-8,13-15H2,1H3,(H,24,26)/t17-/m1/s1. The van der Waals surface area contributed by atoms with Crippen LogP contribution in [-0.2, 0) is 19.3 Å². The molecule has 3 nitrogen and oxygen atoms in total. The fraction of sp³-hybridized carbons (Fsp3) is 0.435. The summed E-state index contributed by atoms with van der Waals surface area (Å²) in [5.41, 5.74) is 6.41. The number of nitrogens with one attached hydrogen (secondary N) is 1. The van der Waals surface area contributed by atoms with Crippen molar-refractivity contribution >= 4 is 11.6 Å². The Balaban J connectivity index is 1.29. The number of amides is 1. The number of anilines is 1. The zero-order chi connectivity index (χ0) is 17.9. The molecule has 0 spiro atoms. The molecular formula is C23H28N2O. The molecule has 4 rings (SSSR count). The molecular weight excluding hydrogens is 320 g/mol. The van der Waals surface area contributed by atoms with Gasteiger partial charge < -0.3 is 10.2 Å².